The fourth-order valence-corrected chi connectivity index (χ4v) is 0. The Morgan fingerprint density at radius 2 is 1.67 bits per heavy atom. The summed E-state index contributed by atoms with van der Waals surface area (Å²) in [6.45, 7) is 1.43. The van der Waals surface area contributed by atoms with E-state index in [-0.39, 0.29) is 7.69 Å². The van der Waals surface area contributed by atoms with E-state index in [0.717, 1.165) is 0 Å². The zero-order chi connectivity index (χ0) is 5.41. The first kappa shape index (κ1) is 9.08. The molecular weight excluding hydrogens is 80.8 g/mol. The lowest BCUT2D eigenvalue weighted by molar-refractivity contribution is 0.448. The Kier molecular flexibility index (Phi) is 37.6. The van der Waals surface area contributed by atoms with Gasteiger partial charge in [-0.15, -0.1) is 0 Å². The van der Waals surface area contributed by atoms with Crippen molar-refractivity contribution in [1.82, 2.24) is 0 Å². The Morgan fingerprint density at radius 1 is 1.67 bits per heavy atom. The van der Waals surface area contributed by atoms with Crippen molar-refractivity contribution < 1.29 is 10.0 Å². The fraction of sp³-hybridized carbons (Fsp3) is 0.500. The first-order valence-electron chi connectivity index (χ1n) is 1.24. The largest absolute Gasteiger partial charge is 0.482 e. The van der Waals surface area contributed by atoms with Gasteiger partial charge < -0.3 is 10.0 Å². The first-order chi connectivity index (χ1) is 2.83. The highest BCUT2D eigenvalue weighted by molar-refractivity contribution is 6.13. The standard InChI is InChI=1S/C2H3N.BH2O2/c1-2-3;2-1-3/h1H3;2-3H. The van der Waals surface area contributed by atoms with Gasteiger partial charge in [-0.1, -0.05) is 0 Å². The van der Waals surface area contributed by atoms with Crippen LogP contribution in [0.25, 0.3) is 0 Å². The lowest BCUT2D eigenvalue weighted by Crippen LogP contribution is -1.75. The van der Waals surface area contributed by atoms with Gasteiger partial charge in [-0.25, -0.2) is 0 Å². The third kappa shape index (κ3) is 77.2. The SMILES string of the molecule is CC#N.O[B]O. The summed E-state index contributed by atoms with van der Waals surface area (Å²) < 4.78 is 0. The zero-order valence-electron chi connectivity index (χ0n) is 3.42. The average molecular weight is 85.9 g/mol. The Hall–Kier alpha value is -0.525. The highest BCUT2D eigenvalue weighted by Crippen LogP contribution is 1.21. The summed E-state index contributed by atoms with van der Waals surface area (Å²) in [5.74, 6) is 0. The molecule has 0 atom stereocenters. The number of nitrogens with zero attached hydrogens (tertiary/aromatic N) is 1. The molecule has 0 fully saturated rings. The molecule has 0 saturated heterocycles. The molecule has 0 aromatic heterocycles. The van der Waals surface area contributed by atoms with E-state index in [1.54, 1.807) is 6.07 Å². The second-order valence-corrected chi connectivity index (χ2v) is 0.339. The molecule has 6 heavy (non-hydrogen) atoms. The summed E-state index contributed by atoms with van der Waals surface area (Å²) in [7, 11) is 0. The van der Waals surface area contributed by atoms with Crippen LogP contribution >= 0.6 is 0 Å². The van der Waals surface area contributed by atoms with Gasteiger partial charge in [-0.05, 0) is 0 Å². The molecular formula is C2H5BNO2. The second kappa shape index (κ2) is 24.8. The molecule has 0 aromatic rings. The van der Waals surface area contributed by atoms with Crippen molar-refractivity contribution in [3.05, 3.63) is 0 Å². The summed E-state index contributed by atoms with van der Waals surface area (Å²) in [6.07, 6.45) is 0. The molecule has 0 spiro atoms. The molecule has 0 aliphatic heterocycles. The van der Waals surface area contributed by atoms with Gasteiger partial charge in [0.1, 0.15) is 0 Å². The van der Waals surface area contributed by atoms with Crippen LogP contribution in [0.2, 0.25) is 0 Å². The molecule has 0 rings (SSSR count). The molecule has 0 aliphatic rings. The number of hydrogen-bond acceptors (Lipinski definition) is 3. The van der Waals surface area contributed by atoms with Crippen molar-refractivity contribution in [1.29, 1.82) is 5.26 Å². The van der Waals surface area contributed by atoms with E-state index in [9.17, 15) is 0 Å². The third-order valence-corrected chi connectivity index (χ3v) is 0. The van der Waals surface area contributed by atoms with Crippen molar-refractivity contribution in [2.75, 3.05) is 0 Å². The maximum absolute atomic E-state index is 7.32. The van der Waals surface area contributed by atoms with Gasteiger partial charge in [-0.3, -0.25) is 0 Å². The van der Waals surface area contributed by atoms with Crippen LogP contribution in [0.3, 0.4) is 0 Å². The molecule has 0 amide bonds. The van der Waals surface area contributed by atoms with Gasteiger partial charge in [0.25, 0.3) is 0 Å². The monoisotopic (exact) mass is 86.0 g/mol. The van der Waals surface area contributed by atoms with Crippen molar-refractivity contribution in [2.24, 2.45) is 0 Å². The van der Waals surface area contributed by atoms with Crippen LogP contribution in [-0.2, 0) is 0 Å². The van der Waals surface area contributed by atoms with Crippen LogP contribution < -0.4 is 0 Å². The Bertz CT molecular complexity index is 41.3. The second-order valence-electron chi connectivity index (χ2n) is 0.339. The summed E-state index contributed by atoms with van der Waals surface area (Å²) in [5, 5.41) is 21.3. The predicted octanol–water partition coefficient (Wildman–Crippen LogP) is -0.965. The minimum absolute atomic E-state index is 0. The number of rotatable bonds is 0. The van der Waals surface area contributed by atoms with E-state index >= 15 is 0 Å². The Balaban J connectivity index is 0. The van der Waals surface area contributed by atoms with Gasteiger partial charge in [0.15, 0.2) is 0 Å². The molecule has 2 N–H and O–H groups in total. The highest BCUT2D eigenvalue weighted by Gasteiger charge is 1.51. The van der Waals surface area contributed by atoms with E-state index in [4.69, 9.17) is 15.3 Å². The van der Waals surface area contributed by atoms with Gasteiger partial charge >= 0.3 is 7.69 Å². The third-order valence-electron chi connectivity index (χ3n) is 0. The maximum Gasteiger partial charge on any atom is 0.482 e. The van der Waals surface area contributed by atoms with Crippen molar-refractivity contribution in [3.8, 4) is 6.07 Å². The lowest BCUT2D eigenvalue weighted by atomic mass is 10.5. The van der Waals surface area contributed by atoms with E-state index in [1.165, 1.54) is 6.92 Å². The van der Waals surface area contributed by atoms with Crippen LogP contribution in [-0.4, -0.2) is 17.7 Å². The van der Waals surface area contributed by atoms with E-state index in [0.29, 0.717) is 0 Å². The van der Waals surface area contributed by atoms with E-state index in [2.05, 4.69) is 0 Å². The van der Waals surface area contributed by atoms with Crippen molar-refractivity contribution >= 4 is 7.69 Å². The van der Waals surface area contributed by atoms with Gasteiger partial charge in [0, 0.05) is 6.92 Å². The molecule has 0 unspecified atom stereocenters. The zero-order valence-corrected chi connectivity index (χ0v) is 3.42. The summed E-state index contributed by atoms with van der Waals surface area (Å²) in [5.41, 5.74) is 0. The van der Waals surface area contributed by atoms with Crippen LogP contribution in [0.15, 0.2) is 0 Å². The van der Waals surface area contributed by atoms with Crippen LogP contribution in [0.1, 0.15) is 6.92 Å². The smallest absolute Gasteiger partial charge is 0.429 e. The molecule has 3 nitrogen and oxygen atoms in total. The minimum atomic E-state index is 0. The lowest BCUT2D eigenvalue weighted by Gasteiger charge is -1.46. The fourth-order valence-electron chi connectivity index (χ4n) is 0. The number of nitriles is 1. The molecule has 1 radical (unpaired) electrons. The van der Waals surface area contributed by atoms with Crippen molar-refractivity contribution in [2.45, 2.75) is 6.92 Å². The molecule has 33 valence electrons. The summed E-state index contributed by atoms with van der Waals surface area (Å²) in [4.78, 5) is 0. The normalized spacial score (nSPS) is 3.67. The predicted molar refractivity (Wildman–Crippen MR) is 21.5 cm³/mol. The molecule has 0 aromatic carbocycles. The quantitative estimate of drug-likeness (QED) is 0.373. The highest BCUT2D eigenvalue weighted by atomic mass is 16.4. The summed E-state index contributed by atoms with van der Waals surface area (Å²) >= 11 is 0. The van der Waals surface area contributed by atoms with Gasteiger partial charge in [-0.2, -0.15) is 5.26 Å². The maximum atomic E-state index is 7.32. The molecule has 0 aliphatic carbocycles. The Morgan fingerprint density at radius 3 is 1.67 bits per heavy atom. The number of hydrogen-bond donors (Lipinski definition) is 2. The van der Waals surface area contributed by atoms with E-state index < -0.39 is 0 Å². The van der Waals surface area contributed by atoms with E-state index in [1.807, 2.05) is 0 Å². The summed E-state index contributed by atoms with van der Waals surface area (Å²) in [6, 6.07) is 1.75. The van der Waals surface area contributed by atoms with Crippen molar-refractivity contribution in [3.63, 3.8) is 0 Å². The molecule has 0 bridgehead atoms. The van der Waals surface area contributed by atoms with Gasteiger partial charge in [0.05, 0.1) is 6.07 Å². The van der Waals surface area contributed by atoms with Crippen LogP contribution in [0.5, 0.6) is 0 Å². The van der Waals surface area contributed by atoms with Gasteiger partial charge in [0.2, 0.25) is 0 Å². The van der Waals surface area contributed by atoms with Crippen LogP contribution in [0, 0.1) is 11.3 Å². The minimum Gasteiger partial charge on any atom is -0.429 e. The topological polar surface area (TPSA) is 64.2 Å². The first-order valence-corrected chi connectivity index (χ1v) is 1.24. The molecule has 0 saturated carbocycles. The Labute approximate surface area is 37.1 Å². The molecule has 4 heteroatoms. The molecule has 0 heterocycles. The van der Waals surface area contributed by atoms with Crippen LogP contribution in [0.4, 0.5) is 0 Å². The average Bonchev–Trinajstić information content (AvgIpc) is 1.39.